The van der Waals surface area contributed by atoms with Crippen LogP contribution in [0.3, 0.4) is 0 Å². The van der Waals surface area contributed by atoms with Crippen LogP contribution in [0.15, 0.2) is 27.4 Å². The molecule has 36 heavy (non-hydrogen) atoms. The molecule has 2 amide bonds. The second kappa shape index (κ2) is 11.5. The molecule has 1 aliphatic heterocycles. The maximum Gasteiger partial charge on any atom is 0.336 e. The first-order chi connectivity index (χ1) is 17.3. The first kappa shape index (κ1) is 26.2. The van der Waals surface area contributed by atoms with Crippen LogP contribution in [0, 0.1) is 12.8 Å². The van der Waals surface area contributed by atoms with Crippen LogP contribution in [-0.2, 0) is 16.0 Å². The number of amides is 2. The van der Waals surface area contributed by atoms with Gasteiger partial charge in [0.15, 0.2) is 6.61 Å². The summed E-state index contributed by atoms with van der Waals surface area (Å²) in [5, 5.41) is 14.4. The molecule has 4 rings (SSSR count). The van der Waals surface area contributed by atoms with Crippen molar-refractivity contribution in [2.24, 2.45) is 5.92 Å². The highest BCUT2D eigenvalue weighted by Gasteiger charge is 2.43. The summed E-state index contributed by atoms with van der Waals surface area (Å²) in [7, 11) is 0. The Kier molecular flexibility index (Phi) is 8.34. The van der Waals surface area contributed by atoms with E-state index in [4.69, 9.17) is 9.15 Å². The molecule has 8 heteroatoms. The van der Waals surface area contributed by atoms with E-state index in [0.717, 1.165) is 55.9 Å². The predicted molar refractivity (Wildman–Crippen MR) is 137 cm³/mol. The van der Waals surface area contributed by atoms with Gasteiger partial charge in [-0.25, -0.2) is 4.79 Å². The van der Waals surface area contributed by atoms with E-state index in [1.54, 1.807) is 12.1 Å². The van der Waals surface area contributed by atoms with Crippen molar-refractivity contribution in [1.82, 2.24) is 10.2 Å². The van der Waals surface area contributed by atoms with Gasteiger partial charge in [-0.1, -0.05) is 26.2 Å². The Labute approximate surface area is 212 Å². The van der Waals surface area contributed by atoms with Gasteiger partial charge >= 0.3 is 5.63 Å². The smallest absolute Gasteiger partial charge is 0.336 e. The fourth-order valence-electron chi connectivity index (χ4n) is 5.60. The maximum absolute atomic E-state index is 12.7. The Morgan fingerprint density at radius 3 is 2.92 bits per heavy atom. The lowest BCUT2D eigenvalue weighted by molar-refractivity contribution is -0.143. The van der Waals surface area contributed by atoms with Crippen LogP contribution in [-0.4, -0.2) is 53.7 Å². The number of nitrogens with zero attached hydrogens (tertiary/aromatic N) is 1. The zero-order valence-corrected chi connectivity index (χ0v) is 21.4. The third-order valence-electron chi connectivity index (χ3n) is 7.80. The lowest BCUT2D eigenvalue weighted by Gasteiger charge is -2.47. The minimum absolute atomic E-state index is 0.00289. The van der Waals surface area contributed by atoms with Crippen LogP contribution in [0.25, 0.3) is 11.0 Å². The topological polar surface area (TPSA) is 109 Å². The van der Waals surface area contributed by atoms with Crippen molar-refractivity contribution in [3.63, 3.8) is 0 Å². The molecule has 8 nitrogen and oxygen atoms in total. The summed E-state index contributed by atoms with van der Waals surface area (Å²) in [6.07, 6.45) is 7.63. The maximum atomic E-state index is 12.7. The second-order valence-corrected chi connectivity index (χ2v) is 10.3. The Bertz CT molecular complexity index is 1160. The van der Waals surface area contributed by atoms with Crippen molar-refractivity contribution in [1.29, 1.82) is 0 Å². The Morgan fingerprint density at radius 2 is 2.11 bits per heavy atom. The molecule has 2 aliphatic rings. The molecule has 196 valence electrons. The van der Waals surface area contributed by atoms with Gasteiger partial charge in [0.05, 0.1) is 5.60 Å². The summed E-state index contributed by atoms with van der Waals surface area (Å²) in [6, 6.07) is 5.22. The Balaban J connectivity index is 1.26. The van der Waals surface area contributed by atoms with E-state index in [1.807, 2.05) is 17.9 Å². The summed E-state index contributed by atoms with van der Waals surface area (Å²) in [5.41, 5.74) is 1.13. The second-order valence-electron chi connectivity index (χ2n) is 10.3. The molecule has 0 spiro atoms. The molecular formula is C28H38N2O6. The van der Waals surface area contributed by atoms with Crippen LogP contribution in [0.5, 0.6) is 5.75 Å². The molecule has 2 N–H and O–H groups in total. The highest BCUT2D eigenvalue weighted by molar-refractivity contribution is 5.85. The number of hydrogen-bond acceptors (Lipinski definition) is 6. The molecule has 1 saturated carbocycles. The van der Waals surface area contributed by atoms with E-state index < -0.39 is 11.2 Å². The number of piperidine rings is 1. The van der Waals surface area contributed by atoms with Gasteiger partial charge in [-0.3, -0.25) is 9.59 Å². The van der Waals surface area contributed by atoms with E-state index in [9.17, 15) is 19.5 Å². The number of aliphatic hydroxyl groups is 1. The summed E-state index contributed by atoms with van der Waals surface area (Å²) in [5.74, 6) is 0.325. The van der Waals surface area contributed by atoms with E-state index in [0.29, 0.717) is 36.4 Å². The molecule has 0 unspecified atom stereocenters. The number of carbonyl (C=O) groups excluding carboxylic acids is 2. The van der Waals surface area contributed by atoms with Crippen molar-refractivity contribution in [2.75, 3.05) is 26.2 Å². The summed E-state index contributed by atoms with van der Waals surface area (Å²) in [6.45, 7) is 5.13. The molecule has 1 aromatic carbocycles. The summed E-state index contributed by atoms with van der Waals surface area (Å²) in [4.78, 5) is 38.9. The zero-order valence-electron chi connectivity index (χ0n) is 21.4. The molecule has 1 saturated heterocycles. The van der Waals surface area contributed by atoms with Crippen LogP contribution >= 0.6 is 0 Å². The van der Waals surface area contributed by atoms with E-state index >= 15 is 0 Å². The fraction of sp³-hybridized carbons (Fsp3) is 0.607. The largest absolute Gasteiger partial charge is 0.483 e. The third-order valence-corrected chi connectivity index (χ3v) is 7.80. The van der Waals surface area contributed by atoms with Gasteiger partial charge in [0, 0.05) is 49.0 Å². The van der Waals surface area contributed by atoms with Crippen LogP contribution in [0.4, 0.5) is 0 Å². The molecule has 1 aliphatic carbocycles. The molecule has 2 atom stereocenters. The number of benzene rings is 1. The third kappa shape index (κ3) is 5.91. The average molecular weight is 499 g/mol. The number of likely N-dealkylation sites (tertiary alicyclic amines) is 1. The lowest BCUT2D eigenvalue weighted by Crippen LogP contribution is -2.54. The van der Waals surface area contributed by atoms with Gasteiger partial charge in [-0.2, -0.15) is 0 Å². The van der Waals surface area contributed by atoms with Gasteiger partial charge in [0.1, 0.15) is 11.3 Å². The first-order valence-electron chi connectivity index (χ1n) is 13.3. The fourth-order valence-corrected chi connectivity index (χ4v) is 5.60. The number of nitrogens with one attached hydrogen (secondary N) is 1. The zero-order chi connectivity index (χ0) is 25.7. The van der Waals surface area contributed by atoms with Gasteiger partial charge < -0.3 is 24.5 Å². The number of carbonyl (C=O) groups is 2. The highest BCUT2D eigenvalue weighted by atomic mass is 16.5. The molecule has 2 aromatic rings. The number of hydrogen-bond donors (Lipinski definition) is 2. The van der Waals surface area contributed by atoms with Crippen LogP contribution in [0.2, 0.25) is 0 Å². The highest BCUT2D eigenvalue weighted by Crippen LogP contribution is 2.39. The normalized spacial score (nSPS) is 21.8. The molecular weight excluding hydrogens is 460 g/mol. The predicted octanol–water partition coefficient (Wildman–Crippen LogP) is 3.48. The standard InChI is InChI=1S/C28H38N2O6/c1-3-4-7-20-16-26(33)36-27-19(2)23(10-9-22(20)27)35-18-24(31)29-14-11-25(32)30-15-13-28(34)12-6-5-8-21(28)17-30/h9-10,16,21,34H,3-8,11-15,17-18H2,1-2H3,(H,29,31)/t21-,28-/m0/s1. The number of ether oxygens (including phenoxy) is 1. The molecule has 2 fully saturated rings. The van der Waals surface area contributed by atoms with Gasteiger partial charge in [0.2, 0.25) is 5.91 Å². The van der Waals surface area contributed by atoms with Crippen LogP contribution in [0.1, 0.15) is 69.4 Å². The molecule has 0 bridgehead atoms. The number of rotatable bonds is 9. The summed E-state index contributed by atoms with van der Waals surface area (Å²) < 4.78 is 11.2. The van der Waals surface area contributed by atoms with Crippen molar-refractivity contribution in [3.05, 3.63) is 39.7 Å². The average Bonchev–Trinajstić information content (AvgIpc) is 2.86. The number of fused-ring (bicyclic) bond motifs is 2. The van der Waals surface area contributed by atoms with Crippen molar-refractivity contribution in [2.45, 2.75) is 77.2 Å². The summed E-state index contributed by atoms with van der Waals surface area (Å²) >= 11 is 0. The number of unbranched alkanes of at least 4 members (excludes halogenated alkanes) is 1. The monoisotopic (exact) mass is 498 g/mol. The minimum Gasteiger partial charge on any atom is -0.483 e. The minimum atomic E-state index is -0.610. The molecule has 2 heterocycles. The first-order valence-corrected chi connectivity index (χ1v) is 13.3. The lowest BCUT2D eigenvalue weighted by atomic mass is 9.71. The van der Waals surface area contributed by atoms with Crippen molar-refractivity contribution < 1.29 is 23.8 Å². The Morgan fingerprint density at radius 1 is 1.28 bits per heavy atom. The SMILES string of the molecule is CCCCc1cc(=O)oc2c(C)c(OCC(=O)NCCC(=O)N3CC[C@@]4(O)CCCC[C@H]4C3)ccc12. The van der Waals surface area contributed by atoms with E-state index in [-0.39, 0.29) is 37.3 Å². The van der Waals surface area contributed by atoms with Crippen molar-refractivity contribution >= 4 is 22.8 Å². The van der Waals surface area contributed by atoms with E-state index in [1.165, 1.54) is 0 Å². The van der Waals surface area contributed by atoms with E-state index in [2.05, 4.69) is 12.2 Å². The number of aryl methyl sites for hydroxylation is 2. The van der Waals surface area contributed by atoms with Gasteiger partial charge in [-0.15, -0.1) is 0 Å². The molecule has 0 radical (unpaired) electrons. The van der Waals surface area contributed by atoms with Crippen molar-refractivity contribution in [3.8, 4) is 5.75 Å². The van der Waals surface area contributed by atoms with Crippen LogP contribution < -0.4 is 15.7 Å². The Hall–Kier alpha value is -2.87. The van der Waals surface area contributed by atoms with Gasteiger partial charge in [-0.05, 0) is 56.7 Å². The van der Waals surface area contributed by atoms with Gasteiger partial charge in [0.25, 0.3) is 5.91 Å². The quantitative estimate of drug-likeness (QED) is 0.513. The molecule has 1 aromatic heterocycles.